The second kappa shape index (κ2) is 6.26. The summed E-state index contributed by atoms with van der Waals surface area (Å²) in [4.78, 5) is 2.27. The Morgan fingerprint density at radius 3 is 1.93 bits per heavy atom. The number of nitrogens with zero attached hydrogens (tertiary/aromatic N) is 1. The van der Waals surface area contributed by atoms with Gasteiger partial charge in [-0.05, 0) is 26.9 Å². The van der Waals surface area contributed by atoms with Crippen molar-refractivity contribution in [2.45, 2.75) is 33.3 Å². The molecule has 0 radical (unpaired) electrons. The first-order valence-electron chi connectivity index (χ1n) is 4.82. The summed E-state index contributed by atoms with van der Waals surface area (Å²) in [6.45, 7) is 10.6. The first kappa shape index (κ1) is 14.6. The lowest BCUT2D eigenvalue weighted by atomic mass is 10.1. The minimum absolute atomic E-state index is 0.814. The molecule has 0 saturated carbocycles. The summed E-state index contributed by atoms with van der Waals surface area (Å²) in [6, 6.07) is 0. The van der Waals surface area contributed by atoms with Crippen LogP contribution in [0.15, 0.2) is 8.96 Å². The Labute approximate surface area is 104 Å². The van der Waals surface area contributed by atoms with E-state index in [1.165, 1.54) is 0 Å². The minimum atomic E-state index is -0.814. The van der Waals surface area contributed by atoms with Crippen LogP contribution in [0.5, 0.6) is 0 Å². The highest BCUT2D eigenvalue weighted by molar-refractivity contribution is 9.14. The van der Waals surface area contributed by atoms with Crippen LogP contribution in [0.25, 0.3) is 0 Å². The van der Waals surface area contributed by atoms with E-state index in [4.69, 9.17) is 0 Å². The van der Waals surface area contributed by atoms with E-state index in [0.29, 0.717) is 0 Å². The highest BCUT2D eigenvalue weighted by Gasteiger charge is 2.20. The van der Waals surface area contributed by atoms with E-state index in [1.807, 2.05) is 0 Å². The average Bonchev–Trinajstić information content (AvgIpc) is 2.11. The Kier molecular flexibility index (Phi) is 6.53. The van der Waals surface area contributed by atoms with Crippen LogP contribution in [0.1, 0.15) is 27.7 Å². The van der Waals surface area contributed by atoms with E-state index in [2.05, 4.69) is 50.6 Å². The van der Waals surface area contributed by atoms with Gasteiger partial charge in [0.15, 0.2) is 0 Å². The Morgan fingerprint density at radius 1 is 1.21 bits per heavy atom. The number of aliphatic hydroxyl groups is 1. The van der Waals surface area contributed by atoms with Gasteiger partial charge in [0.25, 0.3) is 0 Å². The van der Waals surface area contributed by atoms with E-state index in [-0.39, 0.29) is 0 Å². The fraction of sp³-hybridized carbons (Fsp3) is 0.800. The first-order chi connectivity index (χ1) is 6.32. The maximum atomic E-state index is 9.76. The molecule has 0 rings (SSSR count). The van der Waals surface area contributed by atoms with Crippen molar-refractivity contribution < 1.29 is 5.11 Å². The molecule has 0 aromatic rings. The third-order valence-corrected chi connectivity index (χ3v) is 4.66. The molecule has 84 valence electrons. The molecule has 0 aliphatic heterocycles. The molecule has 0 spiro atoms. The zero-order valence-electron chi connectivity index (χ0n) is 9.27. The highest BCUT2D eigenvalue weighted by Crippen LogP contribution is 2.29. The minimum Gasteiger partial charge on any atom is -0.385 e. The normalized spacial score (nSPS) is 14.6. The van der Waals surface area contributed by atoms with Crippen LogP contribution < -0.4 is 0 Å². The maximum Gasteiger partial charge on any atom is 0.0913 e. The van der Waals surface area contributed by atoms with Gasteiger partial charge < -0.3 is 5.11 Å². The first-order valence-corrected chi connectivity index (χ1v) is 6.40. The van der Waals surface area contributed by atoms with E-state index in [9.17, 15) is 5.11 Å². The summed E-state index contributed by atoms with van der Waals surface area (Å²) < 4.78 is 1.82. The molecule has 0 bridgehead atoms. The molecule has 2 nitrogen and oxygen atoms in total. The highest BCUT2D eigenvalue weighted by atomic mass is 79.9. The molecule has 0 aliphatic carbocycles. The number of likely N-dealkylation sites (N-methyl/N-ethyl adjacent to an activating group) is 1. The summed E-state index contributed by atoms with van der Waals surface area (Å²) in [6.07, 6.45) is 0. The predicted molar refractivity (Wildman–Crippen MR) is 69.0 cm³/mol. The van der Waals surface area contributed by atoms with Crippen molar-refractivity contribution in [1.82, 2.24) is 4.90 Å². The topological polar surface area (TPSA) is 23.5 Å². The van der Waals surface area contributed by atoms with Crippen LogP contribution >= 0.6 is 31.9 Å². The van der Waals surface area contributed by atoms with Crippen LogP contribution in [0.2, 0.25) is 0 Å². The van der Waals surface area contributed by atoms with Gasteiger partial charge in [-0.2, -0.15) is 0 Å². The van der Waals surface area contributed by atoms with E-state index in [1.54, 1.807) is 13.8 Å². The monoisotopic (exact) mass is 327 g/mol. The largest absolute Gasteiger partial charge is 0.385 e. The van der Waals surface area contributed by atoms with Gasteiger partial charge in [-0.25, -0.2) is 0 Å². The molecule has 1 N–H and O–H groups in total. The molecule has 0 saturated heterocycles. The zero-order chi connectivity index (χ0) is 11.4. The van der Waals surface area contributed by atoms with Gasteiger partial charge in [0, 0.05) is 15.5 Å². The number of hydrogen-bond donors (Lipinski definition) is 1. The third kappa shape index (κ3) is 4.91. The SMILES string of the molecule is CCN(CC)C/C(Br)=C(\Br)C(C)(C)O. The van der Waals surface area contributed by atoms with Crippen molar-refractivity contribution in [3.63, 3.8) is 0 Å². The maximum absolute atomic E-state index is 9.76. The van der Waals surface area contributed by atoms with Crippen molar-refractivity contribution in [3.8, 4) is 0 Å². The van der Waals surface area contributed by atoms with Crippen molar-refractivity contribution >= 4 is 31.9 Å². The molecular weight excluding hydrogens is 310 g/mol. The Balaban J connectivity index is 4.51. The summed E-state index contributed by atoms with van der Waals surface area (Å²) in [7, 11) is 0. The molecule has 0 unspecified atom stereocenters. The second-order valence-electron chi connectivity index (χ2n) is 3.74. The summed E-state index contributed by atoms with van der Waals surface area (Å²) in [5, 5.41) is 9.76. The molecule has 0 atom stereocenters. The summed E-state index contributed by atoms with van der Waals surface area (Å²) >= 11 is 6.90. The second-order valence-corrected chi connectivity index (χ2v) is 5.49. The molecule has 0 amide bonds. The fourth-order valence-electron chi connectivity index (χ4n) is 1.04. The lowest BCUT2D eigenvalue weighted by molar-refractivity contribution is 0.129. The standard InChI is InChI=1S/C10H19Br2NO/c1-5-13(6-2)7-8(11)9(12)10(3,4)14/h14H,5-7H2,1-4H3/b9-8+. The van der Waals surface area contributed by atoms with E-state index < -0.39 is 5.60 Å². The zero-order valence-corrected chi connectivity index (χ0v) is 12.4. The fourth-order valence-corrected chi connectivity index (χ4v) is 2.01. The molecule has 0 aromatic heterocycles. The van der Waals surface area contributed by atoms with Crippen molar-refractivity contribution in [2.75, 3.05) is 19.6 Å². The Hall–Kier alpha value is 0.620. The third-order valence-electron chi connectivity index (χ3n) is 2.03. The van der Waals surface area contributed by atoms with Gasteiger partial charge in [-0.1, -0.05) is 45.7 Å². The molecule has 0 fully saturated rings. The van der Waals surface area contributed by atoms with Gasteiger partial charge in [0.05, 0.1) is 5.60 Å². The van der Waals surface area contributed by atoms with Gasteiger partial charge in [-0.3, -0.25) is 4.90 Å². The predicted octanol–water partition coefficient (Wildman–Crippen LogP) is 3.10. The van der Waals surface area contributed by atoms with Crippen LogP contribution in [-0.4, -0.2) is 35.2 Å². The average molecular weight is 329 g/mol. The Bertz CT molecular complexity index is 205. The Morgan fingerprint density at radius 2 is 1.64 bits per heavy atom. The van der Waals surface area contributed by atoms with Crippen molar-refractivity contribution in [2.24, 2.45) is 0 Å². The van der Waals surface area contributed by atoms with Gasteiger partial charge in [-0.15, -0.1) is 0 Å². The smallest absolute Gasteiger partial charge is 0.0913 e. The molecule has 4 heteroatoms. The lowest BCUT2D eigenvalue weighted by Gasteiger charge is -2.22. The molecular formula is C10H19Br2NO. The summed E-state index contributed by atoms with van der Waals surface area (Å²) in [5.74, 6) is 0. The number of rotatable bonds is 5. The molecule has 0 aromatic carbocycles. The molecule has 14 heavy (non-hydrogen) atoms. The number of hydrogen-bond acceptors (Lipinski definition) is 2. The van der Waals surface area contributed by atoms with Crippen LogP contribution in [0.4, 0.5) is 0 Å². The van der Waals surface area contributed by atoms with Crippen LogP contribution in [-0.2, 0) is 0 Å². The van der Waals surface area contributed by atoms with Crippen LogP contribution in [0, 0.1) is 0 Å². The molecule has 0 heterocycles. The van der Waals surface area contributed by atoms with Gasteiger partial charge in [0.1, 0.15) is 0 Å². The van der Waals surface area contributed by atoms with Crippen molar-refractivity contribution in [1.29, 1.82) is 0 Å². The van der Waals surface area contributed by atoms with Crippen molar-refractivity contribution in [3.05, 3.63) is 8.96 Å². The molecule has 0 aliphatic rings. The van der Waals surface area contributed by atoms with Crippen LogP contribution in [0.3, 0.4) is 0 Å². The van der Waals surface area contributed by atoms with Gasteiger partial charge >= 0.3 is 0 Å². The quantitative estimate of drug-likeness (QED) is 0.838. The summed E-state index contributed by atoms with van der Waals surface area (Å²) in [5.41, 5.74) is -0.814. The van der Waals surface area contributed by atoms with Gasteiger partial charge in [0.2, 0.25) is 0 Å². The van der Waals surface area contributed by atoms with E-state index in [0.717, 1.165) is 28.6 Å². The lowest BCUT2D eigenvalue weighted by Crippen LogP contribution is -2.27. The van der Waals surface area contributed by atoms with E-state index >= 15 is 0 Å². The number of halogens is 2.